The first-order chi connectivity index (χ1) is 13.7. The van der Waals surface area contributed by atoms with E-state index >= 15 is 0 Å². The van der Waals surface area contributed by atoms with Gasteiger partial charge in [-0.25, -0.2) is 4.79 Å². The maximum Gasteiger partial charge on any atom is 0.338 e. The maximum absolute atomic E-state index is 12.2. The number of H-pyrrole nitrogens is 1. The number of amides is 1. The summed E-state index contributed by atoms with van der Waals surface area (Å²) in [7, 11) is 0. The van der Waals surface area contributed by atoms with Crippen molar-refractivity contribution in [2.24, 2.45) is 0 Å². The third kappa shape index (κ3) is 4.09. The molecule has 1 aliphatic carbocycles. The van der Waals surface area contributed by atoms with Crippen LogP contribution >= 0.6 is 0 Å². The summed E-state index contributed by atoms with van der Waals surface area (Å²) in [5, 5.41) is 3.97. The van der Waals surface area contributed by atoms with Crippen LogP contribution in [0.2, 0.25) is 0 Å². The topological polar surface area (TPSA) is 71.2 Å². The van der Waals surface area contributed by atoms with Crippen LogP contribution in [-0.2, 0) is 28.8 Å². The summed E-state index contributed by atoms with van der Waals surface area (Å²) >= 11 is 0. The number of esters is 1. The van der Waals surface area contributed by atoms with Gasteiger partial charge >= 0.3 is 5.97 Å². The summed E-state index contributed by atoms with van der Waals surface area (Å²) in [6.07, 6.45) is 7.12. The second-order valence-electron chi connectivity index (χ2n) is 7.23. The summed E-state index contributed by atoms with van der Waals surface area (Å²) in [5.41, 5.74) is 5.30. The lowest BCUT2D eigenvalue weighted by Gasteiger charge is -2.16. The predicted molar refractivity (Wildman–Crippen MR) is 108 cm³/mol. The Bertz CT molecular complexity index is 1010. The fourth-order valence-corrected chi connectivity index (χ4v) is 3.80. The molecule has 144 valence electrons. The lowest BCUT2D eigenvalue weighted by Crippen LogP contribution is -2.30. The Balaban J connectivity index is 1.24. The minimum atomic E-state index is -0.444. The molecule has 0 radical (unpaired) electrons. The molecule has 1 amide bonds. The van der Waals surface area contributed by atoms with Crippen LogP contribution in [0.15, 0.2) is 48.7 Å². The molecule has 5 heteroatoms. The van der Waals surface area contributed by atoms with Gasteiger partial charge in [0.25, 0.3) is 5.91 Å². The van der Waals surface area contributed by atoms with Crippen LogP contribution in [0.3, 0.4) is 0 Å². The molecule has 5 nitrogen and oxygen atoms in total. The van der Waals surface area contributed by atoms with E-state index in [-0.39, 0.29) is 12.5 Å². The first-order valence-corrected chi connectivity index (χ1v) is 9.81. The Hall–Kier alpha value is -3.08. The lowest BCUT2D eigenvalue weighted by atomic mass is 9.90. The van der Waals surface area contributed by atoms with E-state index in [2.05, 4.69) is 16.4 Å². The number of carbonyl (C=O) groups excluding carboxylic acids is 2. The number of benzene rings is 2. The first-order valence-electron chi connectivity index (χ1n) is 9.81. The molecule has 2 N–H and O–H groups in total. The second kappa shape index (κ2) is 8.30. The first kappa shape index (κ1) is 18.3. The third-order valence-electron chi connectivity index (χ3n) is 5.31. The maximum atomic E-state index is 12.2. The number of aromatic amines is 1. The molecule has 0 fully saturated rings. The number of ether oxygens (including phenoxy) is 1. The highest BCUT2D eigenvalue weighted by atomic mass is 16.5. The fraction of sp³-hybridized carbons (Fsp3) is 0.304. The van der Waals surface area contributed by atoms with Gasteiger partial charge in [0.2, 0.25) is 0 Å². The summed E-state index contributed by atoms with van der Waals surface area (Å²) < 4.78 is 5.18. The number of rotatable bonds is 6. The Morgan fingerprint density at radius 3 is 2.75 bits per heavy atom. The fourth-order valence-electron chi connectivity index (χ4n) is 3.80. The molecule has 3 aromatic rings. The number of carbonyl (C=O) groups is 2. The SMILES string of the molecule is O=C(COC(=O)c1ccc2c(c1)CCCC2)NCCc1c[nH]c2ccccc12. The highest BCUT2D eigenvalue weighted by Crippen LogP contribution is 2.22. The zero-order chi connectivity index (χ0) is 19.3. The smallest absolute Gasteiger partial charge is 0.338 e. The van der Waals surface area contributed by atoms with Gasteiger partial charge in [0.05, 0.1) is 5.56 Å². The predicted octanol–water partition coefficient (Wildman–Crippen LogP) is 3.56. The molecule has 4 rings (SSSR count). The van der Waals surface area contributed by atoms with E-state index in [1.165, 1.54) is 17.5 Å². The van der Waals surface area contributed by atoms with Crippen LogP contribution in [-0.4, -0.2) is 30.0 Å². The van der Waals surface area contributed by atoms with Gasteiger partial charge in [-0.3, -0.25) is 4.79 Å². The molecule has 2 aromatic carbocycles. The van der Waals surface area contributed by atoms with Gasteiger partial charge in [0.1, 0.15) is 0 Å². The number of para-hydroxylation sites is 1. The van der Waals surface area contributed by atoms with Gasteiger partial charge in [-0.1, -0.05) is 24.3 Å². The van der Waals surface area contributed by atoms with E-state index in [9.17, 15) is 9.59 Å². The summed E-state index contributed by atoms with van der Waals surface area (Å²) in [6, 6.07) is 13.8. The van der Waals surface area contributed by atoms with Crippen molar-refractivity contribution in [2.75, 3.05) is 13.2 Å². The molecule has 1 aliphatic rings. The molecular formula is C23H24N2O3. The number of hydrogen-bond donors (Lipinski definition) is 2. The number of fused-ring (bicyclic) bond motifs is 2. The number of aryl methyl sites for hydroxylation is 2. The standard InChI is InChI=1S/C23H24N2O3/c26-22(24-12-11-19-14-25-21-8-4-3-7-20(19)21)15-28-23(27)18-10-9-16-5-1-2-6-17(16)13-18/h3-4,7-10,13-14,25H,1-2,5-6,11-12,15H2,(H,24,26). The Kier molecular flexibility index (Phi) is 5.42. The molecule has 0 saturated carbocycles. The largest absolute Gasteiger partial charge is 0.452 e. The summed E-state index contributed by atoms with van der Waals surface area (Å²) in [6.45, 7) is 0.237. The summed E-state index contributed by atoms with van der Waals surface area (Å²) in [5.74, 6) is -0.730. The molecule has 1 heterocycles. The van der Waals surface area contributed by atoms with Crippen molar-refractivity contribution >= 4 is 22.8 Å². The molecule has 1 aromatic heterocycles. The van der Waals surface area contributed by atoms with E-state index in [4.69, 9.17) is 4.74 Å². The van der Waals surface area contributed by atoms with E-state index in [0.717, 1.165) is 35.7 Å². The molecular weight excluding hydrogens is 352 g/mol. The van der Waals surface area contributed by atoms with E-state index in [1.807, 2.05) is 36.5 Å². The van der Waals surface area contributed by atoms with E-state index in [0.29, 0.717) is 18.5 Å². The molecule has 28 heavy (non-hydrogen) atoms. The Morgan fingerprint density at radius 1 is 1.04 bits per heavy atom. The van der Waals surface area contributed by atoms with Crippen molar-refractivity contribution in [3.8, 4) is 0 Å². The lowest BCUT2D eigenvalue weighted by molar-refractivity contribution is -0.124. The highest BCUT2D eigenvalue weighted by molar-refractivity contribution is 5.91. The van der Waals surface area contributed by atoms with E-state index in [1.54, 1.807) is 6.07 Å². The monoisotopic (exact) mass is 376 g/mol. The Labute approximate surface area is 164 Å². The van der Waals surface area contributed by atoms with Crippen molar-refractivity contribution in [1.82, 2.24) is 10.3 Å². The van der Waals surface area contributed by atoms with Gasteiger partial charge in [0, 0.05) is 23.6 Å². The third-order valence-corrected chi connectivity index (χ3v) is 5.31. The number of aromatic nitrogens is 1. The Morgan fingerprint density at radius 2 is 1.86 bits per heavy atom. The van der Waals surface area contributed by atoms with Crippen LogP contribution in [0.25, 0.3) is 10.9 Å². The molecule has 0 unspecified atom stereocenters. The van der Waals surface area contributed by atoms with Gasteiger partial charge in [-0.2, -0.15) is 0 Å². The number of nitrogens with one attached hydrogen (secondary N) is 2. The summed E-state index contributed by atoms with van der Waals surface area (Å²) in [4.78, 5) is 27.5. The minimum absolute atomic E-state index is 0.260. The van der Waals surface area contributed by atoms with Crippen molar-refractivity contribution < 1.29 is 14.3 Å². The minimum Gasteiger partial charge on any atom is -0.452 e. The van der Waals surface area contributed by atoms with Gasteiger partial charge in [-0.05, 0) is 67.0 Å². The van der Waals surface area contributed by atoms with E-state index < -0.39 is 5.97 Å². The van der Waals surface area contributed by atoms with Crippen molar-refractivity contribution in [1.29, 1.82) is 0 Å². The normalized spacial score (nSPS) is 13.1. The van der Waals surface area contributed by atoms with Gasteiger partial charge < -0.3 is 15.0 Å². The van der Waals surface area contributed by atoms with Gasteiger partial charge in [-0.15, -0.1) is 0 Å². The van der Waals surface area contributed by atoms with Crippen LogP contribution in [0, 0.1) is 0 Å². The molecule has 0 spiro atoms. The highest BCUT2D eigenvalue weighted by Gasteiger charge is 2.15. The molecule has 0 saturated heterocycles. The van der Waals surface area contributed by atoms with Crippen molar-refractivity contribution in [3.05, 3.63) is 70.9 Å². The average Bonchev–Trinajstić information content (AvgIpc) is 3.15. The van der Waals surface area contributed by atoms with Crippen LogP contribution in [0.5, 0.6) is 0 Å². The zero-order valence-corrected chi connectivity index (χ0v) is 15.8. The molecule has 0 atom stereocenters. The van der Waals surface area contributed by atoms with Crippen molar-refractivity contribution in [2.45, 2.75) is 32.1 Å². The zero-order valence-electron chi connectivity index (χ0n) is 15.8. The number of hydrogen-bond acceptors (Lipinski definition) is 3. The molecule has 0 bridgehead atoms. The second-order valence-corrected chi connectivity index (χ2v) is 7.23. The molecule has 0 aliphatic heterocycles. The van der Waals surface area contributed by atoms with Gasteiger partial charge in [0.15, 0.2) is 6.61 Å². The van der Waals surface area contributed by atoms with Crippen molar-refractivity contribution in [3.63, 3.8) is 0 Å². The van der Waals surface area contributed by atoms with Crippen LogP contribution in [0.4, 0.5) is 0 Å². The van der Waals surface area contributed by atoms with Crippen LogP contribution in [0.1, 0.15) is 39.9 Å². The quantitative estimate of drug-likeness (QED) is 0.646. The van der Waals surface area contributed by atoms with Crippen LogP contribution < -0.4 is 5.32 Å². The average molecular weight is 376 g/mol.